The van der Waals surface area contributed by atoms with E-state index in [0.29, 0.717) is 4.47 Å². The topological polar surface area (TPSA) is 66.5 Å². The summed E-state index contributed by atoms with van der Waals surface area (Å²) in [6.45, 7) is -0.108. The van der Waals surface area contributed by atoms with Crippen molar-refractivity contribution in [2.24, 2.45) is 5.73 Å². The number of phenolic OH excluding ortho intramolecular Hbond substituents is 1. The van der Waals surface area contributed by atoms with Crippen molar-refractivity contribution in [3.8, 4) is 5.75 Å². The number of phenols is 1. The molecule has 66 valence electrons. The summed E-state index contributed by atoms with van der Waals surface area (Å²) in [5, 5.41) is 17.8. The molecule has 0 fully saturated rings. The molecular formula is C8H10BrNO2. The molecule has 1 atom stereocenters. The van der Waals surface area contributed by atoms with E-state index in [1.807, 2.05) is 0 Å². The van der Waals surface area contributed by atoms with Gasteiger partial charge in [-0.1, -0.05) is 22.0 Å². The van der Waals surface area contributed by atoms with Crippen LogP contribution < -0.4 is 5.73 Å². The molecule has 0 aliphatic heterocycles. The third kappa shape index (κ3) is 1.97. The number of nitrogens with two attached hydrogens (primary N) is 1. The molecule has 0 saturated carbocycles. The Kier molecular flexibility index (Phi) is 3.08. The average molecular weight is 232 g/mol. The van der Waals surface area contributed by atoms with Crippen LogP contribution in [0, 0.1) is 0 Å². The first-order valence-corrected chi connectivity index (χ1v) is 4.29. The van der Waals surface area contributed by atoms with Crippen LogP contribution in [0.5, 0.6) is 5.75 Å². The SMILES string of the molecule is N[C@H](CO)c1ccc(O)cc1Br. The highest BCUT2D eigenvalue weighted by atomic mass is 79.9. The lowest BCUT2D eigenvalue weighted by atomic mass is 10.1. The van der Waals surface area contributed by atoms with Gasteiger partial charge in [0.1, 0.15) is 5.75 Å². The number of aromatic hydroxyl groups is 1. The minimum absolute atomic E-state index is 0.108. The molecule has 0 amide bonds. The molecule has 0 heterocycles. The Labute approximate surface area is 79.0 Å². The molecular weight excluding hydrogens is 222 g/mol. The van der Waals surface area contributed by atoms with Gasteiger partial charge in [0, 0.05) is 4.47 Å². The van der Waals surface area contributed by atoms with Crippen LogP contribution >= 0.6 is 15.9 Å². The molecule has 1 rings (SSSR count). The third-order valence-corrected chi connectivity index (χ3v) is 2.27. The van der Waals surface area contributed by atoms with E-state index >= 15 is 0 Å². The van der Waals surface area contributed by atoms with Crippen LogP contribution in [-0.2, 0) is 0 Å². The zero-order valence-corrected chi connectivity index (χ0v) is 7.95. The molecule has 0 spiro atoms. The van der Waals surface area contributed by atoms with Crippen molar-refractivity contribution in [1.29, 1.82) is 0 Å². The molecule has 0 aliphatic carbocycles. The second kappa shape index (κ2) is 3.89. The summed E-state index contributed by atoms with van der Waals surface area (Å²) in [7, 11) is 0. The smallest absolute Gasteiger partial charge is 0.116 e. The Morgan fingerprint density at radius 2 is 2.17 bits per heavy atom. The van der Waals surface area contributed by atoms with E-state index in [2.05, 4.69) is 15.9 Å². The molecule has 4 N–H and O–H groups in total. The van der Waals surface area contributed by atoms with Crippen molar-refractivity contribution < 1.29 is 10.2 Å². The van der Waals surface area contributed by atoms with Gasteiger partial charge in [0.15, 0.2) is 0 Å². The maximum atomic E-state index is 9.06. The summed E-state index contributed by atoms with van der Waals surface area (Å²) >= 11 is 3.24. The van der Waals surface area contributed by atoms with E-state index in [4.69, 9.17) is 15.9 Å². The number of aliphatic hydroxyl groups is 1. The van der Waals surface area contributed by atoms with Gasteiger partial charge < -0.3 is 15.9 Å². The Bertz CT molecular complexity index is 278. The van der Waals surface area contributed by atoms with Gasteiger partial charge in [-0.3, -0.25) is 0 Å². The first-order chi connectivity index (χ1) is 5.65. The minimum Gasteiger partial charge on any atom is -0.508 e. The quantitative estimate of drug-likeness (QED) is 0.716. The molecule has 1 aromatic rings. The van der Waals surface area contributed by atoms with Gasteiger partial charge in [-0.05, 0) is 17.7 Å². The standard InChI is InChI=1S/C8H10BrNO2/c9-7-3-5(12)1-2-6(7)8(10)4-11/h1-3,8,11-12H,4,10H2/t8-/m1/s1. The highest BCUT2D eigenvalue weighted by Crippen LogP contribution is 2.25. The number of hydrogen-bond acceptors (Lipinski definition) is 3. The van der Waals surface area contributed by atoms with Crippen molar-refractivity contribution in [2.45, 2.75) is 6.04 Å². The fourth-order valence-electron chi connectivity index (χ4n) is 0.915. The van der Waals surface area contributed by atoms with Crippen LogP contribution in [0.3, 0.4) is 0 Å². The molecule has 0 unspecified atom stereocenters. The Balaban J connectivity index is 3.01. The molecule has 1 aromatic carbocycles. The number of hydrogen-bond donors (Lipinski definition) is 3. The summed E-state index contributed by atoms with van der Waals surface area (Å²) in [6, 6.07) is 4.36. The number of aliphatic hydroxyl groups excluding tert-OH is 1. The lowest BCUT2D eigenvalue weighted by Gasteiger charge is -2.10. The molecule has 0 aliphatic rings. The molecule has 0 saturated heterocycles. The van der Waals surface area contributed by atoms with Crippen molar-refractivity contribution in [2.75, 3.05) is 6.61 Å². The van der Waals surface area contributed by atoms with Crippen molar-refractivity contribution in [3.63, 3.8) is 0 Å². The van der Waals surface area contributed by atoms with E-state index in [-0.39, 0.29) is 12.4 Å². The van der Waals surface area contributed by atoms with Crippen LogP contribution in [0.25, 0.3) is 0 Å². The van der Waals surface area contributed by atoms with Gasteiger partial charge in [-0.2, -0.15) is 0 Å². The molecule has 0 bridgehead atoms. The van der Waals surface area contributed by atoms with Crippen molar-refractivity contribution in [3.05, 3.63) is 28.2 Å². The highest BCUT2D eigenvalue weighted by Gasteiger charge is 2.08. The van der Waals surface area contributed by atoms with E-state index < -0.39 is 6.04 Å². The van der Waals surface area contributed by atoms with Crippen LogP contribution in [0.15, 0.2) is 22.7 Å². The van der Waals surface area contributed by atoms with Crippen molar-refractivity contribution in [1.82, 2.24) is 0 Å². The Hall–Kier alpha value is -0.580. The van der Waals surface area contributed by atoms with Crippen LogP contribution in [0.1, 0.15) is 11.6 Å². The number of rotatable bonds is 2. The monoisotopic (exact) mass is 231 g/mol. The molecule has 12 heavy (non-hydrogen) atoms. The van der Waals surface area contributed by atoms with E-state index in [0.717, 1.165) is 5.56 Å². The van der Waals surface area contributed by atoms with Gasteiger partial charge in [0.2, 0.25) is 0 Å². The normalized spacial score (nSPS) is 12.9. The fourth-order valence-corrected chi connectivity index (χ4v) is 1.58. The van der Waals surface area contributed by atoms with Crippen LogP contribution in [0.2, 0.25) is 0 Å². The summed E-state index contributed by atoms with van der Waals surface area (Å²) in [5.41, 5.74) is 6.37. The van der Waals surface area contributed by atoms with Gasteiger partial charge >= 0.3 is 0 Å². The largest absolute Gasteiger partial charge is 0.508 e. The van der Waals surface area contributed by atoms with Crippen molar-refractivity contribution >= 4 is 15.9 Å². The van der Waals surface area contributed by atoms with Gasteiger partial charge in [0.05, 0.1) is 12.6 Å². The van der Waals surface area contributed by atoms with Gasteiger partial charge in [-0.25, -0.2) is 0 Å². The molecule has 0 radical (unpaired) electrons. The lowest BCUT2D eigenvalue weighted by molar-refractivity contribution is 0.267. The van der Waals surface area contributed by atoms with Crippen LogP contribution in [-0.4, -0.2) is 16.8 Å². The zero-order chi connectivity index (χ0) is 9.14. The molecule has 3 nitrogen and oxygen atoms in total. The maximum Gasteiger partial charge on any atom is 0.116 e. The number of halogens is 1. The van der Waals surface area contributed by atoms with Crippen LogP contribution in [0.4, 0.5) is 0 Å². The lowest BCUT2D eigenvalue weighted by Crippen LogP contribution is -2.14. The average Bonchev–Trinajstić information content (AvgIpc) is 2.03. The van der Waals surface area contributed by atoms with E-state index in [1.165, 1.54) is 6.07 Å². The van der Waals surface area contributed by atoms with Gasteiger partial charge in [0.25, 0.3) is 0 Å². The predicted octanol–water partition coefficient (Wildman–Crippen LogP) is 1.15. The Morgan fingerprint density at radius 3 is 2.67 bits per heavy atom. The summed E-state index contributed by atoms with van der Waals surface area (Å²) in [5.74, 6) is 0.177. The minimum atomic E-state index is -0.403. The summed E-state index contributed by atoms with van der Waals surface area (Å²) < 4.78 is 0.712. The summed E-state index contributed by atoms with van der Waals surface area (Å²) in [6.07, 6.45) is 0. The van der Waals surface area contributed by atoms with Gasteiger partial charge in [-0.15, -0.1) is 0 Å². The molecule has 0 aromatic heterocycles. The van der Waals surface area contributed by atoms with E-state index in [1.54, 1.807) is 12.1 Å². The third-order valence-electron chi connectivity index (χ3n) is 1.58. The summed E-state index contributed by atoms with van der Waals surface area (Å²) in [4.78, 5) is 0. The second-order valence-electron chi connectivity index (χ2n) is 2.49. The Morgan fingerprint density at radius 1 is 1.50 bits per heavy atom. The van der Waals surface area contributed by atoms with E-state index in [9.17, 15) is 0 Å². The first-order valence-electron chi connectivity index (χ1n) is 3.50. The zero-order valence-electron chi connectivity index (χ0n) is 6.37. The number of benzene rings is 1. The first kappa shape index (κ1) is 9.51. The molecule has 4 heteroatoms. The maximum absolute atomic E-state index is 9.06. The second-order valence-corrected chi connectivity index (χ2v) is 3.35. The fraction of sp³-hybridized carbons (Fsp3) is 0.250. The highest BCUT2D eigenvalue weighted by molar-refractivity contribution is 9.10. The predicted molar refractivity (Wildman–Crippen MR) is 49.8 cm³/mol.